The lowest BCUT2D eigenvalue weighted by Gasteiger charge is -2.48. The quantitative estimate of drug-likeness (QED) is 0.769. The van der Waals surface area contributed by atoms with Crippen molar-refractivity contribution >= 4 is 5.69 Å². The molecule has 2 nitrogen and oxygen atoms in total. The maximum atomic E-state index is 6.13. The third kappa shape index (κ3) is 1.71. The molecule has 2 aromatic rings. The Bertz CT molecular complexity index is 704. The fourth-order valence-corrected chi connectivity index (χ4v) is 3.94. The van der Waals surface area contributed by atoms with Crippen molar-refractivity contribution in [1.82, 2.24) is 0 Å². The number of benzene rings is 2. The second-order valence-electron chi connectivity index (χ2n) is 6.80. The fourth-order valence-electron chi connectivity index (χ4n) is 3.94. The Hall–Kier alpha value is -1.96. The van der Waals surface area contributed by atoms with Crippen LogP contribution in [0.4, 0.5) is 5.69 Å². The number of aryl methyl sites for hydroxylation is 1. The van der Waals surface area contributed by atoms with Gasteiger partial charge in [-0.1, -0.05) is 50.2 Å². The Kier molecular flexibility index (Phi) is 2.59. The average Bonchev–Trinajstić information content (AvgIpc) is 2.48. The second-order valence-corrected chi connectivity index (χ2v) is 6.80. The molecule has 0 aliphatic carbocycles. The monoisotopic (exact) mass is 279 g/mol. The van der Waals surface area contributed by atoms with Gasteiger partial charge in [-0.3, -0.25) is 0 Å². The molecule has 1 N–H and O–H groups in total. The minimum absolute atomic E-state index is 0.105. The van der Waals surface area contributed by atoms with Crippen molar-refractivity contribution in [3.63, 3.8) is 0 Å². The lowest BCUT2D eigenvalue weighted by atomic mass is 9.65. The molecule has 2 heteroatoms. The molecule has 0 spiro atoms. The predicted octanol–water partition coefficient (Wildman–Crippen LogP) is 4.45. The number of hydrogen-bond donors (Lipinski definition) is 1. The van der Waals surface area contributed by atoms with Crippen LogP contribution < -0.4 is 10.1 Å². The van der Waals surface area contributed by atoms with E-state index in [-0.39, 0.29) is 5.41 Å². The summed E-state index contributed by atoms with van der Waals surface area (Å²) in [5.41, 5.74) is 5.29. The summed E-state index contributed by atoms with van der Waals surface area (Å²) in [5, 5.41) is 3.76. The van der Waals surface area contributed by atoms with E-state index in [2.05, 4.69) is 68.6 Å². The molecular weight excluding hydrogens is 258 g/mol. The topological polar surface area (TPSA) is 21.3 Å². The van der Waals surface area contributed by atoms with Crippen LogP contribution in [0.5, 0.6) is 5.75 Å². The highest BCUT2D eigenvalue weighted by Gasteiger charge is 2.46. The number of para-hydroxylation sites is 2. The Morgan fingerprint density at radius 3 is 2.76 bits per heavy atom. The van der Waals surface area contributed by atoms with Crippen LogP contribution in [0.1, 0.15) is 36.6 Å². The van der Waals surface area contributed by atoms with E-state index in [1.807, 2.05) is 0 Å². The Morgan fingerprint density at radius 1 is 1.10 bits per heavy atom. The van der Waals surface area contributed by atoms with Crippen LogP contribution in [-0.2, 0) is 5.41 Å². The van der Waals surface area contributed by atoms with Gasteiger partial charge in [-0.2, -0.15) is 0 Å². The standard InChI is InChI=1S/C19H21NO/c1-12-7-6-8-13-17-15(11-21-18(12)13)19(2,3)14-9-4-5-10-16(14)20-17/h4-10,15,17,20H,11H2,1-3H3. The van der Waals surface area contributed by atoms with Crippen LogP contribution >= 0.6 is 0 Å². The van der Waals surface area contributed by atoms with Gasteiger partial charge in [-0.15, -0.1) is 0 Å². The zero-order valence-corrected chi connectivity index (χ0v) is 12.8. The van der Waals surface area contributed by atoms with Crippen LogP contribution in [0, 0.1) is 12.8 Å². The maximum absolute atomic E-state index is 6.13. The Balaban J connectivity index is 1.89. The van der Waals surface area contributed by atoms with Crippen molar-refractivity contribution < 1.29 is 4.74 Å². The highest BCUT2D eigenvalue weighted by molar-refractivity contribution is 5.61. The summed E-state index contributed by atoms with van der Waals surface area (Å²) in [6.45, 7) is 7.58. The number of anilines is 1. The lowest BCUT2D eigenvalue weighted by Crippen LogP contribution is -2.46. The normalized spacial score (nSPS) is 24.9. The summed E-state index contributed by atoms with van der Waals surface area (Å²) in [6, 6.07) is 15.5. The van der Waals surface area contributed by atoms with Crippen LogP contribution in [-0.4, -0.2) is 6.61 Å². The average molecular weight is 279 g/mol. The third-order valence-corrected chi connectivity index (χ3v) is 5.25. The molecule has 2 heterocycles. The number of ether oxygens (including phenoxy) is 1. The number of rotatable bonds is 0. The molecule has 4 rings (SSSR count). The van der Waals surface area contributed by atoms with Crippen LogP contribution in [0.25, 0.3) is 0 Å². The first kappa shape index (κ1) is 12.8. The van der Waals surface area contributed by atoms with Crippen molar-refractivity contribution in [3.05, 3.63) is 59.2 Å². The summed E-state index contributed by atoms with van der Waals surface area (Å²) < 4.78 is 6.13. The van der Waals surface area contributed by atoms with Gasteiger partial charge < -0.3 is 10.1 Å². The summed E-state index contributed by atoms with van der Waals surface area (Å²) >= 11 is 0. The highest BCUT2D eigenvalue weighted by Crippen LogP contribution is 2.52. The molecule has 2 atom stereocenters. The Morgan fingerprint density at radius 2 is 1.90 bits per heavy atom. The van der Waals surface area contributed by atoms with Gasteiger partial charge >= 0.3 is 0 Å². The molecule has 108 valence electrons. The van der Waals surface area contributed by atoms with E-state index in [1.54, 1.807) is 0 Å². The van der Waals surface area contributed by atoms with Gasteiger partial charge in [0.1, 0.15) is 5.75 Å². The van der Waals surface area contributed by atoms with Crippen molar-refractivity contribution in [2.24, 2.45) is 5.92 Å². The molecule has 21 heavy (non-hydrogen) atoms. The van der Waals surface area contributed by atoms with Crippen LogP contribution in [0.3, 0.4) is 0 Å². The fraction of sp³-hybridized carbons (Fsp3) is 0.368. The molecule has 0 bridgehead atoms. The summed E-state index contributed by atoms with van der Waals surface area (Å²) in [5.74, 6) is 1.52. The minimum Gasteiger partial charge on any atom is -0.493 e. The number of fused-ring (bicyclic) bond motifs is 4. The first-order chi connectivity index (χ1) is 10.1. The highest BCUT2D eigenvalue weighted by atomic mass is 16.5. The zero-order chi connectivity index (χ0) is 14.6. The zero-order valence-electron chi connectivity index (χ0n) is 12.8. The van der Waals surface area contributed by atoms with Gasteiger partial charge in [0.2, 0.25) is 0 Å². The molecule has 0 aromatic heterocycles. The molecule has 2 aromatic carbocycles. The molecule has 2 unspecified atom stereocenters. The predicted molar refractivity (Wildman–Crippen MR) is 86.0 cm³/mol. The Labute approximate surface area is 126 Å². The van der Waals surface area contributed by atoms with Crippen molar-refractivity contribution in [3.8, 4) is 5.75 Å². The molecule has 0 saturated heterocycles. The van der Waals surface area contributed by atoms with Gasteiger partial charge in [-0.25, -0.2) is 0 Å². The van der Waals surface area contributed by atoms with Gasteiger partial charge in [0.15, 0.2) is 0 Å². The molecular formula is C19H21NO. The van der Waals surface area contributed by atoms with E-state index in [9.17, 15) is 0 Å². The molecule has 0 fully saturated rings. The lowest BCUT2D eigenvalue weighted by molar-refractivity contribution is 0.135. The summed E-state index contributed by atoms with van der Waals surface area (Å²) in [7, 11) is 0. The molecule has 2 aliphatic heterocycles. The van der Waals surface area contributed by atoms with E-state index in [1.165, 1.54) is 22.4 Å². The molecule has 0 saturated carbocycles. The maximum Gasteiger partial charge on any atom is 0.127 e. The first-order valence-electron chi connectivity index (χ1n) is 7.67. The van der Waals surface area contributed by atoms with Gasteiger partial charge in [0, 0.05) is 22.6 Å². The van der Waals surface area contributed by atoms with Gasteiger partial charge in [0.25, 0.3) is 0 Å². The summed E-state index contributed by atoms with van der Waals surface area (Å²) in [4.78, 5) is 0. The van der Waals surface area contributed by atoms with Crippen molar-refractivity contribution in [2.45, 2.75) is 32.2 Å². The van der Waals surface area contributed by atoms with E-state index in [4.69, 9.17) is 4.74 Å². The summed E-state index contributed by atoms with van der Waals surface area (Å²) in [6.07, 6.45) is 0. The molecule has 0 radical (unpaired) electrons. The largest absolute Gasteiger partial charge is 0.493 e. The van der Waals surface area contributed by atoms with Gasteiger partial charge in [0.05, 0.1) is 12.6 Å². The van der Waals surface area contributed by atoms with Crippen LogP contribution in [0.2, 0.25) is 0 Å². The number of hydrogen-bond acceptors (Lipinski definition) is 2. The first-order valence-corrected chi connectivity index (χ1v) is 7.67. The number of nitrogens with one attached hydrogen (secondary N) is 1. The molecule has 0 amide bonds. The van der Waals surface area contributed by atoms with Crippen molar-refractivity contribution in [2.75, 3.05) is 11.9 Å². The van der Waals surface area contributed by atoms with E-state index >= 15 is 0 Å². The van der Waals surface area contributed by atoms with E-state index in [0.717, 1.165) is 12.4 Å². The molecule has 2 aliphatic rings. The van der Waals surface area contributed by atoms with E-state index < -0.39 is 0 Å². The second kappa shape index (κ2) is 4.27. The van der Waals surface area contributed by atoms with Crippen molar-refractivity contribution in [1.29, 1.82) is 0 Å². The van der Waals surface area contributed by atoms with Crippen LogP contribution in [0.15, 0.2) is 42.5 Å². The van der Waals surface area contributed by atoms with E-state index in [0.29, 0.717) is 12.0 Å². The smallest absolute Gasteiger partial charge is 0.127 e. The SMILES string of the molecule is Cc1cccc2c1OCC1C2Nc2ccccc2C1(C)C. The minimum atomic E-state index is 0.105. The third-order valence-electron chi connectivity index (χ3n) is 5.25. The van der Waals surface area contributed by atoms with Gasteiger partial charge in [-0.05, 0) is 24.1 Å².